The van der Waals surface area contributed by atoms with E-state index in [1.165, 1.54) is 49.8 Å². The second-order valence-electron chi connectivity index (χ2n) is 6.47. The number of carboxylic acids is 1. The predicted octanol–water partition coefficient (Wildman–Crippen LogP) is 1.69. The van der Waals surface area contributed by atoms with Gasteiger partial charge in [0.25, 0.3) is 0 Å². The molecular weight excluding hydrogens is 322 g/mol. The monoisotopic (exact) mass is 359 g/mol. The summed E-state index contributed by atoms with van der Waals surface area (Å²) < 4.78 is 0. The highest BCUT2D eigenvalue weighted by molar-refractivity contribution is 5.75. The third-order valence-electron chi connectivity index (χ3n) is 4.26. The lowest BCUT2D eigenvalue weighted by Crippen LogP contribution is -2.51. The molecule has 0 bridgehead atoms. The zero-order valence-electron chi connectivity index (χ0n) is 15.7. The molecule has 1 amide bonds. The summed E-state index contributed by atoms with van der Waals surface area (Å²) in [6.45, 7) is 2.85. The maximum absolute atomic E-state index is 11.8. The van der Waals surface area contributed by atoms with Gasteiger partial charge < -0.3 is 21.3 Å². The van der Waals surface area contributed by atoms with Gasteiger partial charge in [-0.1, -0.05) is 58.3 Å². The molecule has 7 heteroatoms. The number of unbranched alkanes of at least 4 members (excludes halogenated alkanes) is 8. The van der Waals surface area contributed by atoms with Crippen LogP contribution in [-0.2, 0) is 9.59 Å². The number of aliphatic carboxylic acids is 1. The molecule has 0 heterocycles. The molecule has 0 radical (unpaired) electrons. The first-order chi connectivity index (χ1) is 12.0. The molecule has 5 N–H and O–H groups in total. The van der Waals surface area contributed by atoms with Crippen LogP contribution in [-0.4, -0.2) is 59.4 Å². The Hall–Kier alpha value is -1.18. The number of hydrogen-bond donors (Lipinski definition) is 4. The van der Waals surface area contributed by atoms with Crippen LogP contribution in [0.5, 0.6) is 0 Å². The van der Waals surface area contributed by atoms with Crippen LogP contribution in [0, 0.1) is 0 Å². The minimum absolute atomic E-state index is 0.0178. The van der Waals surface area contributed by atoms with Gasteiger partial charge in [-0.05, 0) is 6.42 Å². The Morgan fingerprint density at radius 1 is 1.00 bits per heavy atom. The normalized spacial score (nSPS) is 12.3. The summed E-state index contributed by atoms with van der Waals surface area (Å²) >= 11 is 0. The minimum Gasteiger partial charge on any atom is -0.479 e. The predicted molar refractivity (Wildman–Crippen MR) is 99.1 cm³/mol. The van der Waals surface area contributed by atoms with Gasteiger partial charge in [-0.25, -0.2) is 4.79 Å². The zero-order valence-corrected chi connectivity index (χ0v) is 15.7. The fourth-order valence-corrected chi connectivity index (χ4v) is 2.70. The number of aliphatic hydroxyl groups excluding tert-OH is 1. The molecule has 1 atom stereocenters. The number of hydrogen-bond acceptors (Lipinski definition) is 5. The van der Waals surface area contributed by atoms with Crippen LogP contribution in [0.1, 0.15) is 71.1 Å². The first-order valence-electron chi connectivity index (χ1n) is 9.62. The van der Waals surface area contributed by atoms with Gasteiger partial charge in [0.15, 0.2) is 6.17 Å². The van der Waals surface area contributed by atoms with Crippen molar-refractivity contribution in [2.45, 2.75) is 77.3 Å². The van der Waals surface area contributed by atoms with Gasteiger partial charge in [0.2, 0.25) is 5.91 Å². The topological polar surface area (TPSA) is 116 Å². The van der Waals surface area contributed by atoms with Crippen molar-refractivity contribution in [2.24, 2.45) is 5.73 Å². The Morgan fingerprint density at radius 2 is 1.56 bits per heavy atom. The standard InChI is InChI=1S/C18H37N3O4/c1-2-3-4-5-6-7-8-9-10-11-16(23)20-12-13-21(14-15-22)17(19)18(24)25/h17,22H,2-15,19H2,1H3,(H,20,23)(H,24,25). The lowest BCUT2D eigenvalue weighted by Gasteiger charge is -2.25. The average molecular weight is 360 g/mol. The zero-order chi connectivity index (χ0) is 18.9. The fourth-order valence-electron chi connectivity index (χ4n) is 2.70. The highest BCUT2D eigenvalue weighted by Gasteiger charge is 2.20. The number of rotatable bonds is 17. The van der Waals surface area contributed by atoms with Crippen LogP contribution in [0.2, 0.25) is 0 Å². The number of aliphatic hydroxyl groups is 1. The summed E-state index contributed by atoms with van der Waals surface area (Å²) in [6.07, 6.45) is 10.2. The van der Waals surface area contributed by atoms with Crippen LogP contribution >= 0.6 is 0 Å². The lowest BCUT2D eigenvalue weighted by atomic mass is 10.1. The molecule has 0 fully saturated rings. The Labute approximate surface area is 152 Å². The molecule has 0 aromatic rings. The fraction of sp³-hybridized carbons (Fsp3) is 0.889. The number of carbonyl (C=O) groups excluding carboxylic acids is 1. The molecule has 7 nitrogen and oxygen atoms in total. The van der Waals surface area contributed by atoms with E-state index >= 15 is 0 Å². The number of nitrogens with two attached hydrogens (primary N) is 1. The second kappa shape index (κ2) is 16.3. The lowest BCUT2D eigenvalue weighted by molar-refractivity contribution is -0.143. The summed E-state index contributed by atoms with van der Waals surface area (Å²) in [4.78, 5) is 24.1. The number of nitrogens with zero attached hydrogens (tertiary/aromatic N) is 1. The Kier molecular flexibility index (Phi) is 15.5. The van der Waals surface area contributed by atoms with Gasteiger partial charge >= 0.3 is 5.97 Å². The number of nitrogens with one attached hydrogen (secondary N) is 1. The van der Waals surface area contributed by atoms with Crippen molar-refractivity contribution >= 4 is 11.9 Å². The molecule has 0 saturated heterocycles. The molecule has 0 aliphatic heterocycles. The van der Waals surface area contributed by atoms with Crippen LogP contribution in [0.15, 0.2) is 0 Å². The van der Waals surface area contributed by atoms with E-state index in [1.807, 2.05) is 0 Å². The minimum atomic E-state index is -1.17. The molecule has 0 spiro atoms. The maximum atomic E-state index is 11.8. The van der Waals surface area contributed by atoms with E-state index < -0.39 is 12.1 Å². The third kappa shape index (κ3) is 13.8. The van der Waals surface area contributed by atoms with Gasteiger partial charge in [-0.15, -0.1) is 0 Å². The largest absolute Gasteiger partial charge is 0.479 e. The Morgan fingerprint density at radius 3 is 2.08 bits per heavy atom. The molecule has 0 aromatic carbocycles. The summed E-state index contributed by atoms with van der Waals surface area (Å²) in [5.74, 6) is -1.16. The Bertz CT molecular complexity index is 353. The molecule has 0 aromatic heterocycles. The quantitative estimate of drug-likeness (QED) is 0.232. The van der Waals surface area contributed by atoms with Gasteiger partial charge in [0, 0.05) is 26.1 Å². The van der Waals surface area contributed by atoms with E-state index in [-0.39, 0.29) is 19.1 Å². The van der Waals surface area contributed by atoms with Crippen LogP contribution in [0.4, 0.5) is 0 Å². The summed E-state index contributed by atoms with van der Waals surface area (Å²) in [6, 6.07) is 0. The van der Waals surface area contributed by atoms with E-state index in [4.69, 9.17) is 15.9 Å². The van der Waals surface area contributed by atoms with Crippen molar-refractivity contribution < 1.29 is 19.8 Å². The van der Waals surface area contributed by atoms with Crippen molar-refractivity contribution in [1.29, 1.82) is 0 Å². The van der Waals surface area contributed by atoms with Gasteiger partial charge in [-0.2, -0.15) is 0 Å². The molecule has 0 saturated carbocycles. The summed E-state index contributed by atoms with van der Waals surface area (Å²) in [7, 11) is 0. The summed E-state index contributed by atoms with van der Waals surface area (Å²) in [5.41, 5.74) is 5.53. The van der Waals surface area contributed by atoms with E-state index in [1.54, 1.807) is 0 Å². The average Bonchev–Trinajstić information content (AvgIpc) is 2.58. The van der Waals surface area contributed by atoms with Crippen molar-refractivity contribution in [2.75, 3.05) is 26.2 Å². The van der Waals surface area contributed by atoms with Crippen molar-refractivity contribution in [3.8, 4) is 0 Å². The molecule has 148 valence electrons. The smallest absolute Gasteiger partial charge is 0.335 e. The van der Waals surface area contributed by atoms with Crippen molar-refractivity contribution in [3.05, 3.63) is 0 Å². The number of amides is 1. The van der Waals surface area contributed by atoms with E-state index in [2.05, 4.69) is 12.2 Å². The molecule has 25 heavy (non-hydrogen) atoms. The molecule has 1 unspecified atom stereocenters. The Balaban J connectivity index is 3.64. The molecule has 0 aliphatic rings. The third-order valence-corrected chi connectivity index (χ3v) is 4.26. The number of carboxylic acid groups (broad SMARTS) is 1. The highest BCUT2D eigenvalue weighted by atomic mass is 16.4. The maximum Gasteiger partial charge on any atom is 0.335 e. The van der Waals surface area contributed by atoms with E-state index in [0.29, 0.717) is 19.5 Å². The van der Waals surface area contributed by atoms with E-state index in [9.17, 15) is 9.59 Å². The summed E-state index contributed by atoms with van der Waals surface area (Å²) in [5, 5.41) is 20.6. The molecular formula is C18H37N3O4. The van der Waals surface area contributed by atoms with Gasteiger partial charge in [0.1, 0.15) is 0 Å². The number of carbonyl (C=O) groups is 2. The van der Waals surface area contributed by atoms with Gasteiger partial charge in [-0.3, -0.25) is 9.69 Å². The SMILES string of the molecule is CCCCCCCCCCCC(=O)NCCN(CCO)C(N)C(=O)O. The van der Waals surface area contributed by atoms with Crippen LogP contribution < -0.4 is 11.1 Å². The molecule has 0 rings (SSSR count). The molecule has 0 aliphatic carbocycles. The first kappa shape index (κ1) is 23.8. The van der Waals surface area contributed by atoms with Gasteiger partial charge in [0.05, 0.1) is 6.61 Å². The van der Waals surface area contributed by atoms with E-state index in [0.717, 1.165) is 12.8 Å². The van der Waals surface area contributed by atoms with Crippen LogP contribution in [0.25, 0.3) is 0 Å². The second-order valence-corrected chi connectivity index (χ2v) is 6.47. The van der Waals surface area contributed by atoms with Crippen molar-refractivity contribution in [1.82, 2.24) is 10.2 Å². The van der Waals surface area contributed by atoms with Crippen molar-refractivity contribution in [3.63, 3.8) is 0 Å². The first-order valence-corrected chi connectivity index (χ1v) is 9.62. The van der Waals surface area contributed by atoms with Crippen LogP contribution in [0.3, 0.4) is 0 Å². The highest BCUT2D eigenvalue weighted by Crippen LogP contribution is 2.10.